The van der Waals surface area contributed by atoms with Gasteiger partial charge in [-0.2, -0.15) is 9.78 Å². The number of fused-ring (bicyclic) bond motifs is 1. The molecule has 0 aliphatic carbocycles. The summed E-state index contributed by atoms with van der Waals surface area (Å²) in [6.07, 6.45) is 4.19. The smallest absolute Gasteiger partial charge is 0.282 e. The molecule has 0 fully saturated rings. The number of ether oxygens (including phenoxy) is 1. The highest BCUT2D eigenvalue weighted by molar-refractivity contribution is 9.11. The molecular formula is C26H20Br3Cl2N3O2. The van der Waals surface area contributed by atoms with Crippen molar-refractivity contribution in [3.8, 4) is 5.75 Å². The summed E-state index contributed by atoms with van der Waals surface area (Å²) in [5.41, 5.74) is 2.12. The SMILES string of the molecule is CCCCc1nc2ccc(Br)cc2c(=O)n1N=Cc1cc(Br)c(OCc2ccc(Cl)c(Cl)c2)c(Br)c1. The maximum atomic E-state index is 13.3. The highest BCUT2D eigenvalue weighted by Crippen LogP contribution is 2.35. The maximum Gasteiger partial charge on any atom is 0.282 e. The lowest BCUT2D eigenvalue weighted by atomic mass is 10.2. The second kappa shape index (κ2) is 12.2. The van der Waals surface area contributed by atoms with Crippen LogP contribution >= 0.6 is 71.0 Å². The van der Waals surface area contributed by atoms with Crippen LogP contribution in [0.25, 0.3) is 10.9 Å². The van der Waals surface area contributed by atoms with Crippen molar-refractivity contribution in [3.63, 3.8) is 0 Å². The lowest BCUT2D eigenvalue weighted by molar-refractivity contribution is 0.302. The molecule has 36 heavy (non-hydrogen) atoms. The van der Waals surface area contributed by atoms with E-state index in [-0.39, 0.29) is 5.56 Å². The number of nitrogens with zero attached hydrogens (tertiary/aromatic N) is 3. The molecule has 0 unspecified atom stereocenters. The van der Waals surface area contributed by atoms with Crippen LogP contribution in [0.4, 0.5) is 0 Å². The van der Waals surface area contributed by atoms with Crippen molar-refractivity contribution in [2.75, 3.05) is 0 Å². The number of aryl methyl sites for hydroxylation is 1. The standard InChI is InChI=1S/C26H20Br3Cl2N3O2/c1-2-3-4-24-33-23-8-6-17(27)12-18(23)26(35)34(24)32-13-16-9-19(28)25(20(29)10-16)36-14-15-5-7-21(30)22(31)11-15/h5-13H,2-4,14H2,1H3. The van der Waals surface area contributed by atoms with Gasteiger partial charge in [-0.25, -0.2) is 4.98 Å². The van der Waals surface area contributed by atoms with Gasteiger partial charge in [0.1, 0.15) is 18.2 Å². The summed E-state index contributed by atoms with van der Waals surface area (Å²) in [7, 11) is 0. The van der Waals surface area contributed by atoms with Crippen LogP contribution in [0.3, 0.4) is 0 Å². The van der Waals surface area contributed by atoms with Crippen LogP contribution in [0.2, 0.25) is 10.0 Å². The first-order valence-corrected chi connectivity index (χ1v) is 14.2. The van der Waals surface area contributed by atoms with E-state index in [2.05, 4.69) is 59.8 Å². The van der Waals surface area contributed by atoms with Crippen molar-refractivity contribution in [2.45, 2.75) is 32.8 Å². The molecule has 10 heteroatoms. The van der Waals surface area contributed by atoms with Crippen LogP contribution in [0.1, 0.15) is 36.7 Å². The Morgan fingerprint density at radius 2 is 1.78 bits per heavy atom. The average Bonchev–Trinajstić information content (AvgIpc) is 2.84. The summed E-state index contributed by atoms with van der Waals surface area (Å²) >= 11 is 22.7. The Morgan fingerprint density at radius 1 is 1.03 bits per heavy atom. The molecular weight excluding hydrogens is 697 g/mol. The normalized spacial score (nSPS) is 11.5. The molecule has 0 amide bonds. The summed E-state index contributed by atoms with van der Waals surface area (Å²) in [5, 5.41) is 6.01. The molecule has 0 spiro atoms. The predicted molar refractivity (Wildman–Crippen MR) is 158 cm³/mol. The van der Waals surface area contributed by atoms with E-state index >= 15 is 0 Å². The fraction of sp³-hybridized carbons (Fsp3) is 0.192. The molecule has 4 aromatic rings. The zero-order chi connectivity index (χ0) is 25.8. The topological polar surface area (TPSA) is 56.5 Å². The van der Waals surface area contributed by atoms with E-state index in [4.69, 9.17) is 32.9 Å². The van der Waals surface area contributed by atoms with Gasteiger partial charge >= 0.3 is 0 Å². The second-order valence-corrected chi connectivity index (χ2v) is 11.4. The van der Waals surface area contributed by atoms with Gasteiger partial charge in [-0.05, 0) is 91.9 Å². The van der Waals surface area contributed by atoms with Gasteiger partial charge in [-0.15, -0.1) is 0 Å². The number of hydrogen-bond donors (Lipinski definition) is 0. The predicted octanol–water partition coefficient (Wildman–Crippen LogP) is 8.79. The van der Waals surface area contributed by atoms with Crippen molar-refractivity contribution in [1.29, 1.82) is 0 Å². The third kappa shape index (κ3) is 6.40. The number of hydrogen-bond acceptors (Lipinski definition) is 4. The third-order valence-electron chi connectivity index (χ3n) is 5.34. The van der Waals surface area contributed by atoms with Crippen molar-refractivity contribution >= 4 is 88.1 Å². The highest BCUT2D eigenvalue weighted by atomic mass is 79.9. The minimum Gasteiger partial charge on any atom is -0.487 e. The molecule has 1 heterocycles. The average molecular weight is 717 g/mol. The fourth-order valence-corrected chi connectivity index (χ4v) is 5.64. The van der Waals surface area contributed by atoms with Gasteiger partial charge in [-0.3, -0.25) is 4.79 Å². The maximum absolute atomic E-state index is 13.3. The summed E-state index contributed by atoms with van der Waals surface area (Å²) < 4.78 is 9.67. The van der Waals surface area contributed by atoms with E-state index in [1.165, 1.54) is 4.68 Å². The minimum atomic E-state index is -0.205. The van der Waals surface area contributed by atoms with E-state index < -0.39 is 0 Å². The van der Waals surface area contributed by atoms with Crippen LogP contribution < -0.4 is 10.3 Å². The number of benzene rings is 3. The monoisotopic (exact) mass is 713 g/mol. The van der Waals surface area contributed by atoms with Gasteiger partial charge in [-0.1, -0.05) is 58.5 Å². The Balaban J connectivity index is 1.63. The largest absolute Gasteiger partial charge is 0.487 e. The molecule has 0 radical (unpaired) electrons. The molecule has 0 saturated heterocycles. The molecule has 5 nitrogen and oxygen atoms in total. The van der Waals surface area contributed by atoms with Gasteiger partial charge < -0.3 is 4.74 Å². The van der Waals surface area contributed by atoms with E-state index in [1.54, 1.807) is 24.4 Å². The molecule has 0 bridgehead atoms. The Hall–Kier alpha value is -1.71. The van der Waals surface area contributed by atoms with Crippen LogP contribution in [-0.4, -0.2) is 15.9 Å². The highest BCUT2D eigenvalue weighted by Gasteiger charge is 2.12. The molecule has 0 saturated carbocycles. The van der Waals surface area contributed by atoms with E-state index in [1.807, 2.05) is 30.3 Å². The number of aromatic nitrogens is 2. The minimum absolute atomic E-state index is 0.205. The number of unbranched alkanes of at least 4 members (excludes halogenated alkanes) is 1. The molecule has 4 rings (SSSR count). The molecule has 0 N–H and O–H groups in total. The molecule has 0 aliphatic heterocycles. The first kappa shape index (κ1) is 27.3. The molecule has 0 aliphatic rings. The molecule has 3 aromatic carbocycles. The second-order valence-electron chi connectivity index (χ2n) is 8.01. The Morgan fingerprint density at radius 3 is 2.47 bits per heavy atom. The van der Waals surface area contributed by atoms with Crippen molar-refractivity contribution in [2.24, 2.45) is 5.10 Å². The van der Waals surface area contributed by atoms with Crippen LogP contribution in [-0.2, 0) is 13.0 Å². The summed E-state index contributed by atoms with van der Waals surface area (Å²) in [4.78, 5) is 18.0. The molecule has 0 atom stereocenters. The first-order valence-electron chi connectivity index (χ1n) is 11.1. The third-order valence-corrected chi connectivity index (χ3v) is 7.75. The van der Waals surface area contributed by atoms with E-state index in [0.29, 0.717) is 45.5 Å². The molecule has 1 aromatic heterocycles. The zero-order valence-electron chi connectivity index (χ0n) is 19.1. The summed E-state index contributed by atoms with van der Waals surface area (Å²) in [5.74, 6) is 1.27. The fourth-order valence-electron chi connectivity index (χ4n) is 3.51. The number of rotatable bonds is 8. The van der Waals surface area contributed by atoms with Gasteiger partial charge in [0, 0.05) is 10.9 Å². The molecule has 186 valence electrons. The van der Waals surface area contributed by atoms with Crippen LogP contribution in [0, 0.1) is 0 Å². The van der Waals surface area contributed by atoms with Crippen molar-refractivity contribution in [3.05, 3.63) is 99.3 Å². The van der Waals surface area contributed by atoms with E-state index in [0.717, 1.165) is 37.4 Å². The van der Waals surface area contributed by atoms with Crippen molar-refractivity contribution in [1.82, 2.24) is 9.66 Å². The lowest BCUT2D eigenvalue weighted by Gasteiger charge is -2.12. The number of halogens is 5. The van der Waals surface area contributed by atoms with Gasteiger partial charge in [0.25, 0.3) is 5.56 Å². The van der Waals surface area contributed by atoms with Gasteiger partial charge in [0.2, 0.25) is 0 Å². The van der Waals surface area contributed by atoms with Gasteiger partial charge in [0.05, 0.1) is 36.1 Å². The Labute approximate surface area is 243 Å². The van der Waals surface area contributed by atoms with Crippen LogP contribution in [0.5, 0.6) is 5.75 Å². The Kier molecular flexibility index (Phi) is 9.28. The van der Waals surface area contributed by atoms with E-state index in [9.17, 15) is 4.79 Å². The Bertz CT molecular complexity index is 1500. The summed E-state index contributed by atoms with van der Waals surface area (Å²) in [6.45, 7) is 2.42. The quantitative estimate of drug-likeness (QED) is 0.171. The zero-order valence-corrected chi connectivity index (χ0v) is 25.3. The first-order chi connectivity index (χ1) is 17.3. The van der Waals surface area contributed by atoms with Crippen LogP contribution in [0.15, 0.2) is 71.8 Å². The van der Waals surface area contributed by atoms with Gasteiger partial charge in [0.15, 0.2) is 0 Å². The summed E-state index contributed by atoms with van der Waals surface area (Å²) in [6, 6.07) is 14.6. The lowest BCUT2D eigenvalue weighted by Crippen LogP contribution is -2.22. The van der Waals surface area contributed by atoms with Crippen molar-refractivity contribution < 1.29 is 4.74 Å².